The summed E-state index contributed by atoms with van der Waals surface area (Å²) < 4.78 is 44.2. The number of anilines is 2. The molecule has 1 aromatic heterocycles. The fourth-order valence-corrected chi connectivity index (χ4v) is 3.73. The highest BCUT2D eigenvalue weighted by Crippen LogP contribution is 2.33. The molecule has 1 saturated heterocycles. The van der Waals surface area contributed by atoms with Crippen LogP contribution in [0.5, 0.6) is 0 Å². The Balaban J connectivity index is 1.34. The third kappa shape index (κ3) is 6.00. The van der Waals surface area contributed by atoms with E-state index in [9.17, 15) is 18.0 Å². The molecule has 2 N–H and O–H groups in total. The molecule has 0 spiro atoms. The van der Waals surface area contributed by atoms with Crippen LogP contribution in [-0.4, -0.2) is 55.2 Å². The smallest absolute Gasteiger partial charge is 0.379 e. The van der Waals surface area contributed by atoms with Gasteiger partial charge in [-0.05, 0) is 55.4 Å². The zero-order valence-electron chi connectivity index (χ0n) is 18.0. The minimum Gasteiger partial charge on any atom is -0.379 e. The molecule has 3 aromatic rings. The van der Waals surface area contributed by atoms with E-state index < -0.39 is 11.7 Å². The van der Waals surface area contributed by atoms with Crippen LogP contribution in [0.2, 0.25) is 0 Å². The van der Waals surface area contributed by atoms with Crippen LogP contribution in [-0.2, 0) is 10.9 Å². The van der Waals surface area contributed by atoms with Crippen molar-refractivity contribution in [2.45, 2.75) is 12.6 Å². The molecular weight excluding hydrogens is 433 g/mol. The number of benzene rings is 2. The van der Waals surface area contributed by atoms with E-state index in [1.54, 1.807) is 30.3 Å². The fraction of sp³-hybridized carbons (Fsp3) is 0.333. The summed E-state index contributed by atoms with van der Waals surface area (Å²) in [5.41, 5.74) is 1.41. The molecule has 0 radical (unpaired) electrons. The normalized spacial score (nSPS) is 14.9. The maximum Gasteiger partial charge on any atom is 0.416 e. The van der Waals surface area contributed by atoms with Crippen LogP contribution in [0, 0.1) is 0 Å². The van der Waals surface area contributed by atoms with E-state index >= 15 is 0 Å². The Kier molecular flexibility index (Phi) is 7.10. The van der Waals surface area contributed by atoms with Crippen molar-refractivity contribution in [3.8, 4) is 0 Å². The lowest BCUT2D eigenvalue weighted by Crippen LogP contribution is -2.38. The standard InChI is InChI=1S/C24H25F3N4O2/c25-24(26,27)18-4-7-20-21(8-10-28-22(20)16-18)30-19-5-2-17(3-6-19)23(32)29-9-1-11-31-12-14-33-15-13-31/h2-8,10,16H,1,9,11-15H2,(H,28,30)(H,29,32). The second-order valence-corrected chi connectivity index (χ2v) is 7.85. The zero-order valence-corrected chi connectivity index (χ0v) is 18.0. The predicted octanol–water partition coefficient (Wildman–Crippen LogP) is 4.45. The van der Waals surface area contributed by atoms with Crippen molar-refractivity contribution in [2.75, 3.05) is 44.7 Å². The van der Waals surface area contributed by atoms with Crippen molar-refractivity contribution >= 4 is 28.2 Å². The summed E-state index contributed by atoms with van der Waals surface area (Å²) in [6.07, 6.45) is -2.09. The third-order valence-corrected chi connectivity index (χ3v) is 5.54. The van der Waals surface area contributed by atoms with Crippen LogP contribution < -0.4 is 10.6 Å². The second-order valence-electron chi connectivity index (χ2n) is 7.85. The molecule has 0 unspecified atom stereocenters. The molecule has 1 amide bonds. The van der Waals surface area contributed by atoms with E-state index in [0.29, 0.717) is 28.9 Å². The zero-order chi connectivity index (χ0) is 23.3. The highest BCUT2D eigenvalue weighted by atomic mass is 19.4. The number of halogens is 3. The first-order valence-electron chi connectivity index (χ1n) is 10.8. The van der Waals surface area contributed by atoms with Crippen molar-refractivity contribution in [3.63, 3.8) is 0 Å². The number of rotatable bonds is 7. The first kappa shape index (κ1) is 23.0. The fourth-order valence-electron chi connectivity index (χ4n) is 3.73. The van der Waals surface area contributed by atoms with Gasteiger partial charge in [-0.2, -0.15) is 13.2 Å². The topological polar surface area (TPSA) is 66.5 Å². The molecule has 9 heteroatoms. The molecule has 0 atom stereocenters. The lowest BCUT2D eigenvalue weighted by molar-refractivity contribution is -0.137. The number of hydrogen-bond donors (Lipinski definition) is 2. The van der Waals surface area contributed by atoms with Gasteiger partial charge in [0.15, 0.2) is 0 Å². The molecule has 33 heavy (non-hydrogen) atoms. The van der Waals surface area contributed by atoms with Gasteiger partial charge in [0.2, 0.25) is 0 Å². The van der Waals surface area contributed by atoms with Crippen LogP contribution in [0.15, 0.2) is 54.7 Å². The van der Waals surface area contributed by atoms with Crippen molar-refractivity contribution in [1.29, 1.82) is 0 Å². The Bertz CT molecular complexity index is 1100. The van der Waals surface area contributed by atoms with E-state index in [2.05, 4.69) is 20.5 Å². The summed E-state index contributed by atoms with van der Waals surface area (Å²) in [4.78, 5) is 18.8. The lowest BCUT2D eigenvalue weighted by atomic mass is 10.1. The van der Waals surface area contributed by atoms with Crippen LogP contribution in [0.1, 0.15) is 22.3 Å². The molecule has 1 aliphatic heterocycles. The first-order chi connectivity index (χ1) is 15.9. The van der Waals surface area contributed by atoms with Crippen LogP contribution in [0.25, 0.3) is 10.9 Å². The van der Waals surface area contributed by atoms with Gasteiger partial charge in [0.05, 0.1) is 24.3 Å². The molecule has 0 aliphatic carbocycles. The molecular formula is C24H25F3N4O2. The maximum atomic E-state index is 13.0. The van der Waals surface area contributed by atoms with Gasteiger partial charge in [-0.1, -0.05) is 6.07 Å². The summed E-state index contributed by atoms with van der Waals surface area (Å²) in [6, 6.07) is 12.1. The van der Waals surface area contributed by atoms with Crippen molar-refractivity contribution < 1.29 is 22.7 Å². The number of morpholine rings is 1. The molecule has 174 valence electrons. The number of amides is 1. The number of hydrogen-bond acceptors (Lipinski definition) is 5. The van der Waals surface area contributed by atoms with Crippen molar-refractivity contribution in [2.24, 2.45) is 0 Å². The van der Waals surface area contributed by atoms with Gasteiger partial charge in [0.25, 0.3) is 5.91 Å². The third-order valence-electron chi connectivity index (χ3n) is 5.54. The molecule has 2 heterocycles. The summed E-state index contributed by atoms with van der Waals surface area (Å²) in [5, 5.41) is 6.70. The van der Waals surface area contributed by atoms with Gasteiger partial charge < -0.3 is 15.4 Å². The van der Waals surface area contributed by atoms with Gasteiger partial charge in [0.1, 0.15) is 0 Å². The number of carbonyl (C=O) groups is 1. The molecule has 0 saturated carbocycles. The lowest BCUT2D eigenvalue weighted by Gasteiger charge is -2.26. The molecule has 1 aliphatic rings. The van der Waals surface area contributed by atoms with E-state index in [1.807, 2.05) is 0 Å². The summed E-state index contributed by atoms with van der Waals surface area (Å²) in [6.45, 7) is 4.90. The number of pyridine rings is 1. The average Bonchev–Trinajstić information content (AvgIpc) is 2.82. The quantitative estimate of drug-likeness (QED) is 0.512. The number of aromatic nitrogens is 1. The Hall–Kier alpha value is -3.17. The molecule has 6 nitrogen and oxygen atoms in total. The molecule has 2 aromatic carbocycles. The van der Waals surface area contributed by atoms with E-state index in [1.165, 1.54) is 12.3 Å². The Labute approximate surface area is 189 Å². The van der Waals surface area contributed by atoms with Crippen LogP contribution in [0.4, 0.5) is 24.5 Å². The van der Waals surface area contributed by atoms with E-state index in [-0.39, 0.29) is 11.4 Å². The van der Waals surface area contributed by atoms with Gasteiger partial charge >= 0.3 is 6.18 Å². The number of carbonyl (C=O) groups excluding carboxylic acids is 1. The van der Waals surface area contributed by atoms with Gasteiger partial charge in [-0.25, -0.2) is 0 Å². The number of nitrogens with one attached hydrogen (secondary N) is 2. The Morgan fingerprint density at radius 2 is 1.82 bits per heavy atom. The number of alkyl halides is 3. The Morgan fingerprint density at radius 3 is 2.55 bits per heavy atom. The van der Waals surface area contributed by atoms with Gasteiger partial charge in [-0.15, -0.1) is 0 Å². The highest BCUT2D eigenvalue weighted by molar-refractivity contribution is 5.95. The van der Waals surface area contributed by atoms with E-state index in [4.69, 9.17) is 4.74 Å². The largest absolute Gasteiger partial charge is 0.416 e. The molecule has 1 fully saturated rings. The number of ether oxygens (including phenoxy) is 1. The average molecular weight is 458 g/mol. The van der Waals surface area contributed by atoms with Gasteiger partial charge in [-0.3, -0.25) is 14.7 Å². The minimum absolute atomic E-state index is 0.141. The summed E-state index contributed by atoms with van der Waals surface area (Å²) in [7, 11) is 0. The minimum atomic E-state index is -4.42. The maximum absolute atomic E-state index is 13.0. The highest BCUT2D eigenvalue weighted by Gasteiger charge is 2.30. The Morgan fingerprint density at radius 1 is 1.06 bits per heavy atom. The van der Waals surface area contributed by atoms with Crippen LogP contribution >= 0.6 is 0 Å². The number of fused-ring (bicyclic) bond motifs is 1. The van der Waals surface area contributed by atoms with Crippen molar-refractivity contribution in [3.05, 3.63) is 65.9 Å². The predicted molar refractivity (Wildman–Crippen MR) is 121 cm³/mol. The molecule has 0 bridgehead atoms. The summed E-state index contributed by atoms with van der Waals surface area (Å²) in [5.74, 6) is -0.141. The molecule has 4 rings (SSSR count). The number of nitrogens with zero attached hydrogens (tertiary/aromatic N) is 2. The SMILES string of the molecule is O=C(NCCCN1CCOCC1)c1ccc(Nc2ccnc3cc(C(F)(F)F)ccc23)cc1. The van der Waals surface area contributed by atoms with Crippen LogP contribution in [0.3, 0.4) is 0 Å². The summed E-state index contributed by atoms with van der Waals surface area (Å²) >= 11 is 0. The monoisotopic (exact) mass is 458 g/mol. The second kappa shape index (κ2) is 10.2. The van der Waals surface area contributed by atoms with E-state index in [0.717, 1.165) is 51.4 Å². The van der Waals surface area contributed by atoms with Gasteiger partial charge in [0, 0.05) is 48.2 Å². The van der Waals surface area contributed by atoms with Crippen molar-refractivity contribution in [1.82, 2.24) is 15.2 Å². The first-order valence-corrected chi connectivity index (χ1v) is 10.8.